The molecule has 0 amide bonds. The van der Waals surface area contributed by atoms with Crippen molar-refractivity contribution in [3.05, 3.63) is 0 Å². The third-order valence-corrected chi connectivity index (χ3v) is 2.23. The van der Waals surface area contributed by atoms with Gasteiger partial charge in [-0.2, -0.15) is 0 Å². The molecule has 1 fully saturated rings. The van der Waals surface area contributed by atoms with Gasteiger partial charge in [0.1, 0.15) is 0 Å². The second-order valence-electron chi connectivity index (χ2n) is 3.30. The molecule has 0 aromatic heterocycles. The monoisotopic (exact) mass is 156 g/mol. The van der Waals surface area contributed by atoms with Gasteiger partial charge >= 0.3 is 0 Å². The smallest absolute Gasteiger partial charge is 0.0107 e. The normalized spacial score (nSPS) is 19.4. The molecule has 0 spiro atoms. The zero-order valence-corrected chi connectivity index (χ0v) is 7.60. The van der Waals surface area contributed by atoms with Crippen molar-refractivity contribution in [3.63, 3.8) is 0 Å². The van der Waals surface area contributed by atoms with E-state index in [1.807, 2.05) is 0 Å². The van der Waals surface area contributed by atoms with Crippen LogP contribution in [-0.4, -0.2) is 37.6 Å². The molecule has 11 heavy (non-hydrogen) atoms. The molecule has 0 bridgehead atoms. The predicted octanol–water partition coefficient (Wildman–Crippen LogP) is 1.08. The van der Waals surface area contributed by atoms with Gasteiger partial charge in [-0.15, -0.1) is 0 Å². The molecule has 1 heterocycles. The maximum Gasteiger partial charge on any atom is 0.0107 e. The predicted molar refractivity (Wildman–Crippen MR) is 48.8 cm³/mol. The first-order valence-corrected chi connectivity index (χ1v) is 4.86. The summed E-state index contributed by atoms with van der Waals surface area (Å²) in [5, 5.41) is 3.42. The molecule has 1 N–H and O–H groups in total. The first-order chi connectivity index (χ1) is 5.43. The minimum Gasteiger partial charge on any atom is -0.315 e. The van der Waals surface area contributed by atoms with Gasteiger partial charge in [0.05, 0.1) is 0 Å². The Kier molecular flexibility index (Phi) is 4.55. The molecule has 2 heteroatoms. The molecular formula is C9H20N2. The Balaban J connectivity index is 1.86. The summed E-state index contributed by atoms with van der Waals surface area (Å²) in [6.07, 6.45) is 4.07. The van der Waals surface area contributed by atoms with Crippen molar-refractivity contribution >= 4 is 0 Å². The van der Waals surface area contributed by atoms with Crippen LogP contribution in [0.1, 0.15) is 26.2 Å². The van der Waals surface area contributed by atoms with E-state index >= 15 is 0 Å². The van der Waals surface area contributed by atoms with Crippen molar-refractivity contribution in [1.82, 2.24) is 10.2 Å². The SMILES string of the molecule is CCCNCCN1CCCC1. The molecule has 66 valence electrons. The van der Waals surface area contributed by atoms with E-state index in [-0.39, 0.29) is 0 Å². The molecule has 1 aliphatic rings. The zero-order valence-electron chi connectivity index (χ0n) is 7.60. The highest BCUT2D eigenvalue weighted by Crippen LogP contribution is 2.05. The third kappa shape index (κ3) is 3.73. The van der Waals surface area contributed by atoms with Crippen LogP contribution in [0.2, 0.25) is 0 Å². The largest absolute Gasteiger partial charge is 0.315 e. The van der Waals surface area contributed by atoms with Crippen LogP contribution in [0.15, 0.2) is 0 Å². The van der Waals surface area contributed by atoms with Crippen LogP contribution >= 0.6 is 0 Å². The molecule has 0 radical (unpaired) electrons. The van der Waals surface area contributed by atoms with E-state index in [0.717, 1.165) is 0 Å². The molecule has 0 atom stereocenters. The van der Waals surface area contributed by atoms with E-state index in [9.17, 15) is 0 Å². The van der Waals surface area contributed by atoms with Crippen molar-refractivity contribution in [3.8, 4) is 0 Å². The van der Waals surface area contributed by atoms with E-state index in [1.165, 1.54) is 52.0 Å². The Morgan fingerprint density at radius 3 is 2.55 bits per heavy atom. The average molecular weight is 156 g/mol. The summed E-state index contributed by atoms with van der Waals surface area (Å²) in [6, 6.07) is 0. The van der Waals surface area contributed by atoms with Gasteiger partial charge in [0.15, 0.2) is 0 Å². The molecule has 2 nitrogen and oxygen atoms in total. The van der Waals surface area contributed by atoms with E-state index in [2.05, 4.69) is 17.1 Å². The summed E-state index contributed by atoms with van der Waals surface area (Å²) >= 11 is 0. The number of rotatable bonds is 5. The number of nitrogens with zero attached hydrogens (tertiary/aromatic N) is 1. The summed E-state index contributed by atoms with van der Waals surface area (Å²) < 4.78 is 0. The highest BCUT2D eigenvalue weighted by Gasteiger charge is 2.09. The van der Waals surface area contributed by atoms with Gasteiger partial charge in [-0.25, -0.2) is 0 Å². The van der Waals surface area contributed by atoms with Gasteiger partial charge in [0.25, 0.3) is 0 Å². The van der Waals surface area contributed by atoms with Crippen LogP contribution < -0.4 is 5.32 Å². The van der Waals surface area contributed by atoms with Gasteiger partial charge in [0, 0.05) is 13.1 Å². The van der Waals surface area contributed by atoms with Crippen molar-refractivity contribution in [2.45, 2.75) is 26.2 Å². The van der Waals surface area contributed by atoms with Crippen LogP contribution in [0, 0.1) is 0 Å². The molecular weight excluding hydrogens is 136 g/mol. The lowest BCUT2D eigenvalue weighted by atomic mass is 10.4. The Hall–Kier alpha value is -0.0800. The second-order valence-corrected chi connectivity index (χ2v) is 3.30. The summed E-state index contributed by atoms with van der Waals surface area (Å²) in [6.45, 7) is 8.46. The summed E-state index contributed by atoms with van der Waals surface area (Å²) in [7, 11) is 0. The van der Waals surface area contributed by atoms with E-state index in [1.54, 1.807) is 0 Å². The lowest BCUT2D eigenvalue weighted by Crippen LogP contribution is -2.30. The summed E-state index contributed by atoms with van der Waals surface area (Å²) in [5.41, 5.74) is 0. The van der Waals surface area contributed by atoms with E-state index in [4.69, 9.17) is 0 Å². The standard InChI is InChI=1S/C9H20N2/c1-2-5-10-6-9-11-7-3-4-8-11/h10H,2-9H2,1H3. The Bertz CT molecular complexity index is 87.6. The third-order valence-electron chi connectivity index (χ3n) is 2.23. The fourth-order valence-electron chi connectivity index (χ4n) is 1.55. The highest BCUT2D eigenvalue weighted by atomic mass is 15.1. The minimum atomic E-state index is 1.17. The maximum atomic E-state index is 3.42. The Morgan fingerprint density at radius 1 is 1.18 bits per heavy atom. The van der Waals surface area contributed by atoms with Crippen molar-refractivity contribution in [2.75, 3.05) is 32.7 Å². The molecule has 0 saturated carbocycles. The van der Waals surface area contributed by atoms with Gasteiger partial charge in [0.2, 0.25) is 0 Å². The van der Waals surface area contributed by atoms with E-state index in [0.29, 0.717) is 0 Å². The van der Waals surface area contributed by atoms with Gasteiger partial charge < -0.3 is 10.2 Å². The van der Waals surface area contributed by atoms with Crippen molar-refractivity contribution in [1.29, 1.82) is 0 Å². The van der Waals surface area contributed by atoms with Crippen molar-refractivity contribution < 1.29 is 0 Å². The molecule has 0 aromatic carbocycles. The lowest BCUT2D eigenvalue weighted by Gasteiger charge is -2.14. The number of hydrogen-bond donors (Lipinski definition) is 1. The van der Waals surface area contributed by atoms with Crippen LogP contribution in [0.5, 0.6) is 0 Å². The molecule has 0 aliphatic carbocycles. The first-order valence-electron chi connectivity index (χ1n) is 4.86. The van der Waals surface area contributed by atoms with Gasteiger partial charge in [-0.3, -0.25) is 0 Å². The summed E-state index contributed by atoms with van der Waals surface area (Å²) in [5.74, 6) is 0. The van der Waals surface area contributed by atoms with Gasteiger partial charge in [-0.05, 0) is 38.9 Å². The zero-order chi connectivity index (χ0) is 7.94. The minimum absolute atomic E-state index is 1.17. The maximum absolute atomic E-state index is 3.42. The second kappa shape index (κ2) is 5.56. The number of hydrogen-bond acceptors (Lipinski definition) is 2. The molecule has 0 aromatic rings. The van der Waals surface area contributed by atoms with E-state index < -0.39 is 0 Å². The van der Waals surface area contributed by atoms with Crippen LogP contribution in [0.4, 0.5) is 0 Å². The quantitative estimate of drug-likeness (QED) is 0.599. The molecule has 1 aliphatic heterocycles. The number of likely N-dealkylation sites (tertiary alicyclic amines) is 1. The Morgan fingerprint density at radius 2 is 1.91 bits per heavy atom. The topological polar surface area (TPSA) is 15.3 Å². The molecule has 1 saturated heterocycles. The highest BCUT2D eigenvalue weighted by molar-refractivity contribution is 4.66. The van der Waals surface area contributed by atoms with Crippen LogP contribution in [0.25, 0.3) is 0 Å². The fraction of sp³-hybridized carbons (Fsp3) is 1.00. The summed E-state index contributed by atoms with van der Waals surface area (Å²) in [4.78, 5) is 2.54. The molecule has 0 unspecified atom stereocenters. The van der Waals surface area contributed by atoms with Gasteiger partial charge in [-0.1, -0.05) is 6.92 Å². The van der Waals surface area contributed by atoms with Crippen molar-refractivity contribution in [2.24, 2.45) is 0 Å². The van der Waals surface area contributed by atoms with Crippen LogP contribution in [-0.2, 0) is 0 Å². The lowest BCUT2D eigenvalue weighted by molar-refractivity contribution is 0.336. The van der Waals surface area contributed by atoms with Crippen LogP contribution in [0.3, 0.4) is 0 Å². The first kappa shape index (κ1) is 9.01. The molecule has 1 rings (SSSR count). The average Bonchev–Trinajstić information content (AvgIpc) is 2.50. The fourth-order valence-corrected chi connectivity index (χ4v) is 1.55. The number of nitrogens with one attached hydrogen (secondary N) is 1. The Labute approximate surface area is 70.0 Å².